The van der Waals surface area contributed by atoms with Crippen LogP contribution in [0.4, 0.5) is 8.78 Å². The lowest BCUT2D eigenvalue weighted by atomic mass is 9.67. The zero-order chi connectivity index (χ0) is 24.6. The summed E-state index contributed by atoms with van der Waals surface area (Å²) < 4.78 is 35.2. The van der Waals surface area contributed by atoms with Crippen LogP contribution in [0.2, 0.25) is 0 Å². The Kier molecular flexibility index (Phi) is 9.67. The first-order valence-corrected chi connectivity index (χ1v) is 10.9. The summed E-state index contributed by atoms with van der Waals surface area (Å²) in [6.45, 7) is 0. The number of hydrogen-bond donors (Lipinski definition) is 1. The third kappa shape index (κ3) is 7.17. The number of benzene rings is 2. The molecule has 2 fully saturated rings. The number of aliphatic hydroxyl groups is 1. The van der Waals surface area contributed by atoms with Crippen LogP contribution in [-0.2, 0) is 29.5 Å². The van der Waals surface area contributed by atoms with Gasteiger partial charge in [-0.15, -0.1) is 0 Å². The lowest BCUT2D eigenvalue weighted by Crippen LogP contribution is -2.45. The van der Waals surface area contributed by atoms with Gasteiger partial charge in [-0.2, -0.15) is 0 Å². The second kappa shape index (κ2) is 12.0. The van der Waals surface area contributed by atoms with Crippen LogP contribution in [0.3, 0.4) is 0 Å². The molecule has 9 heteroatoms. The number of esters is 2. The first kappa shape index (κ1) is 26.6. The third-order valence-corrected chi connectivity index (χ3v) is 6.03. The van der Waals surface area contributed by atoms with Gasteiger partial charge in [-0.3, -0.25) is 14.4 Å². The van der Waals surface area contributed by atoms with Crippen molar-refractivity contribution in [2.45, 2.75) is 31.3 Å². The van der Waals surface area contributed by atoms with Crippen LogP contribution >= 0.6 is 15.9 Å². The largest absolute Gasteiger partial charge is 0.469 e. The van der Waals surface area contributed by atoms with Crippen LogP contribution in [-0.4, -0.2) is 37.0 Å². The Hall–Kier alpha value is -2.65. The van der Waals surface area contributed by atoms with E-state index in [1.807, 2.05) is 0 Å². The number of ether oxygens (including phenoxy) is 2. The van der Waals surface area contributed by atoms with Crippen LogP contribution in [0.15, 0.2) is 53.0 Å². The highest BCUT2D eigenvalue weighted by Crippen LogP contribution is 2.46. The molecule has 2 aliphatic rings. The Morgan fingerprint density at radius 3 is 1.82 bits per heavy atom. The molecule has 1 N–H and O–H groups in total. The van der Waals surface area contributed by atoms with Gasteiger partial charge in [-0.25, -0.2) is 8.78 Å². The number of hydrogen-bond acceptors (Lipinski definition) is 6. The molecule has 2 aromatic carbocycles. The molecule has 2 aromatic rings. The van der Waals surface area contributed by atoms with Gasteiger partial charge in [0.1, 0.15) is 17.4 Å². The quantitative estimate of drug-likeness (QED) is 0.599. The minimum absolute atomic E-state index is 0.137. The van der Waals surface area contributed by atoms with E-state index in [0.717, 1.165) is 0 Å². The van der Waals surface area contributed by atoms with Crippen molar-refractivity contribution in [3.8, 4) is 0 Å². The van der Waals surface area contributed by atoms with E-state index < -0.39 is 11.4 Å². The monoisotopic (exact) mass is 526 g/mol. The number of rotatable bonds is 3. The van der Waals surface area contributed by atoms with Gasteiger partial charge in [0, 0.05) is 18.4 Å². The van der Waals surface area contributed by atoms with Gasteiger partial charge in [0.15, 0.2) is 0 Å². The van der Waals surface area contributed by atoms with E-state index in [1.54, 1.807) is 36.4 Å². The Bertz CT molecular complexity index is 961. The highest BCUT2D eigenvalue weighted by Gasteiger charge is 2.49. The van der Waals surface area contributed by atoms with Crippen molar-refractivity contribution >= 4 is 33.7 Å². The fraction of sp³-hybridized carbons (Fsp3) is 0.375. The first-order chi connectivity index (χ1) is 15.6. The number of methoxy groups -OCH3 is 2. The number of carbonyl (C=O) groups excluding carboxylic acids is 3. The number of Topliss-reactive ketones (excluding diaryl/α,β-unsaturated/α-hetero) is 1. The van der Waals surface area contributed by atoms with Gasteiger partial charge < -0.3 is 14.6 Å². The molecular formula is C24H25BrF2O6. The Morgan fingerprint density at radius 1 is 0.909 bits per heavy atom. The van der Waals surface area contributed by atoms with E-state index in [2.05, 4.69) is 25.4 Å². The van der Waals surface area contributed by atoms with E-state index >= 15 is 0 Å². The zero-order valence-corrected chi connectivity index (χ0v) is 19.8. The third-order valence-electron chi connectivity index (χ3n) is 5.38. The molecule has 4 rings (SSSR count). The maximum Gasteiger partial charge on any atom is 0.309 e. The van der Waals surface area contributed by atoms with E-state index in [9.17, 15) is 28.3 Å². The summed E-state index contributed by atoms with van der Waals surface area (Å²) in [5.41, 5.74) is -0.959. The normalized spacial score (nSPS) is 21.2. The molecule has 0 aliphatic heterocycles. The summed E-state index contributed by atoms with van der Waals surface area (Å²) in [5, 5.41) is 10.1. The zero-order valence-electron chi connectivity index (χ0n) is 18.2. The highest BCUT2D eigenvalue weighted by atomic mass is 79.9. The average molecular weight is 527 g/mol. The number of ketones is 1. The van der Waals surface area contributed by atoms with Gasteiger partial charge in [0.25, 0.3) is 0 Å². The number of halogens is 3. The summed E-state index contributed by atoms with van der Waals surface area (Å²) in [6, 6.07) is 12.6. The van der Waals surface area contributed by atoms with Crippen LogP contribution in [0, 0.1) is 23.5 Å². The average Bonchev–Trinajstić information content (AvgIpc) is 2.77. The summed E-state index contributed by atoms with van der Waals surface area (Å²) in [4.78, 5) is 32.1. The molecule has 0 radical (unpaired) electrons. The van der Waals surface area contributed by atoms with Crippen LogP contribution in [0.25, 0.3) is 0 Å². The molecule has 2 aliphatic carbocycles. The molecule has 33 heavy (non-hydrogen) atoms. The fourth-order valence-corrected chi connectivity index (χ4v) is 3.69. The van der Waals surface area contributed by atoms with Gasteiger partial charge >= 0.3 is 11.9 Å². The summed E-state index contributed by atoms with van der Waals surface area (Å²) in [7, 11) is 2.65. The van der Waals surface area contributed by atoms with Crippen LogP contribution in [0.5, 0.6) is 0 Å². The fourth-order valence-electron chi connectivity index (χ4n) is 3.41. The lowest BCUT2D eigenvalue weighted by Gasteiger charge is -2.42. The molecule has 0 heterocycles. The maximum absolute atomic E-state index is 13.4. The molecule has 0 atom stereocenters. The van der Waals surface area contributed by atoms with Crippen molar-refractivity contribution in [3.05, 3.63) is 70.2 Å². The van der Waals surface area contributed by atoms with Crippen molar-refractivity contribution in [3.63, 3.8) is 0 Å². The van der Waals surface area contributed by atoms with Crippen molar-refractivity contribution in [1.29, 1.82) is 0 Å². The van der Waals surface area contributed by atoms with E-state index in [-0.39, 0.29) is 53.8 Å². The molecule has 0 bridgehead atoms. The first-order valence-electron chi connectivity index (χ1n) is 10.2. The summed E-state index contributed by atoms with van der Waals surface area (Å²) in [6.07, 6.45) is 1.21. The van der Waals surface area contributed by atoms with E-state index in [4.69, 9.17) is 0 Å². The van der Waals surface area contributed by atoms with Crippen LogP contribution in [0.1, 0.15) is 31.2 Å². The minimum Gasteiger partial charge on any atom is -0.469 e. The SMILES string of the molecule is COC(=O)C1CC(=O)C1.COC(=O)C1CC(O)(c2ccccc2F)C1.Fc1ccccc1Br. The standard InChI is InChI=1S/C12H13FO3.C6H4BrF.C6H8O3/c1-16-11(14)8-6-12(15,7-8)9-4-2-3-5-10(9)13;7-5-3-1-2-4-6(5)8;1-9-6(8)4-2-5(7)3-4/h2-5,8,15H,6-7H2,1H3;1-4H;4H,2-3H2,1H3. The second-order valence-electron chi connectivity index (χ2n) is 7.72. The van der Waals surface area contributed by atoms with Crippen LogP contribution < -0.4 is 0 Å². The molecular weight excluding hydrogens is 502 g/mol. The van der Waals surface area contributed by atoms with Crippen molar-refractivity contribution in [1.82, 2.24) is 0 Å². The number of carbonyl (C=O) groups is 3. The minimum atomic E-state index is -1.22. The van der Waals surface area contributed by atoms with Crippen molar-refractivity contribution in [2.24, 2.45) is 11.8 Å². The van der Waals surface area contributed by atoms with Crippen molar-refractivity contribution in [2.75, 3.05) is 14.2 Å². The second-order valence-corrected chi connectivity index (χ2v) is 8.58. The molecule has 0 aromatic heterocycles. The Morgan fingerprint density at radius 2 is 1.39 bits per heavy atom. The highest BCUT2D eigenvalue weighted by molar-refractivity contribution is 9.10. The van der Waals surface area contributed by atoms with Gasteiger partial charge in [0.2, 0.25) is 0 Å². The smallest absolute Gasteiger partial charge is 0.309 e. The van der Waals surface area contributed by atoms with Gasteiger partial charge in [0.05, 0.1) is 36.1 Å². The topological polar surface area (TPSA) is 89.9 Å². The van der Waals surface area contributed by atoms with Crippen molar-refractivity contribution < 1.29 is 37.7 Å². The van der Waals surface area contributed by atoms with E-state index in [0.29, 0.717) is 17.3 Å². The molecule has 0 unspecified atom stereocenters. The predicted molar refractivity (Wildman–Crippen MR) is 119 cm³/mol. The molecule has 0 amide bonds. The van der Waals surface area contributed by atoms with Gasteiger partial charge in [-0.05, 0) is 47.0 Å². The lowest BCUT2D eigenvalue weighted by molar-refractivity contribution is -0.163. The molecule has 6 nitrogen and oxygen atoms in total. The van der Waals surface area contributed by atoms with Gasteiger partial charge in [-0.1, -0.05) is 30.3 Å². The maximum atomic E-state index is 13.4. The molecule has 2 saturated carbocycles. The summed E-state index contributed by atoms with van der Waals surface area (Å²) >= 11 is 3.02. The predicted octanol–water partition coefficient (Wildman–Crippen LogP) is 4.32. The Balaban J connectivity index is 0.000000192. The molecule has 178 valence electrons. The molecule has 0 spiro atoms. The van der Waals surface area contributed by atoms with E-state index in [1.165, 1.54) is 26.4 Å². The molecule has 0 saturated heterocycles. The summed E-state index contributed by atoms with van der Waals surface area (Å²) in [5.74, 6) is -1.56. The Labute approximate surface area is 199 Å².